The molecule has 4 heterocycles. The molecule has 0 fully saturated rings. The molecule has 0 bridgehead atoms. The van der Waals surface area contributed by atoms with Crippen molar-refractivity contribution in [3.63, 3.8) is 0 Å². The highest BCUT2D eigenvalue weighted by Crippen LogP contribution is 2.33. The molecule has 0 amide bonds. The van der Waals surface area contributed by atoms with Gasteiger partial charge in [0.2, 0.25) is 0 Å². The summed E-state index contributed by atoms with van der Waals surface area (Å²) in [6, 6.07) is 4.04. The quantitative estimate of drug-likeness (QED) is 0.411. The first-order valence-electron chi connectivity index (χ1n) is 10.6. The zero-order chi connectivity index (χ0) is 23.1. The molecule has 0 spiro atoms. The van der Waals surface area contributed by atoms with Crippen molar-refractivity contribution in [1.29, 1.82) is 0 Å². The Morgan fingerprint density at radius 1 is 1.03 bits per heavy atom. The highest BCUT2D eigenvalue weighted by atomic mass is 19.2. The zero-order valence-electron chi connectivity index (χ0n) is 18.1. The van der Waals surface area contributed by atoms with E-state index in [1.807, 2.05) is 36.8 Å². The van der Waals surface area contributed by atoms with E-state index in [2.05, 4.69) is 20.1 Å². The number of fused-ring (bicyclic) bond motifs is 1. The number of aromatic nitrogens is 6. The average Bonchev–Trinajstić information content (AvgIpc) is 3.41. The topological polar surface area (TPSA) is 61.4 Å². The minimum Gasteiger partial charge on any atom is -0.304 e. The molecule has 168 valence electrons. The van der Waals surface area contributed by atoms with Crippen LogP contribution < -0.4 is 0 Å². The predicted octanol–water partition coefficient (Wildman–Crippen LogP) is 4.99. The minimum atomic E-state index is -1.46. The smallest absolute Gasteiger partial charge is 0.194 e. The molecule has 4 aromatic rings. The summed E-state index contributed by atoms with van der Waals surface area (Å²) in [6.07, 6.45) is 10.5. The van der Waals surface area contributed by atoms with Crippen molar-refractivity contribution in [3.05, 3.63) is 88.5 Å². The van der Waals surface area contributed by atoms with Gasteiger partial charge in [-0.15, -0.1) is 0 Å². The van der Waals surface area contributed by atoms with E-state index in [4.69, 9.17) is 0 Å². The molecule has 1 atom stereocenters. The van der Waals surface area contributed by atoms with Gasteiger partial charge in [-0.2, -0.15) is 5.10 Å². The molecule has 0 saturated carbocycles. The summed E-state index contributed by atoms with van der Waals surface area (Å²) in [7, 11) is 0. The molecule has 0 N–H and O–H groups in total. The van der Waals surface area contributed by atoms with Crippen LogP contribution in [0.4, 0.5) is 13.2 Å². The maximum atomic E-state index is 13.8. The number of benzene rings is 1. The molecule has 1 aromatic carbocycles. The Labute approximate surface area is 188 Å². The molecule has 0 saturated heterocycles. The molecular formula is C24H21F3N6. The normalized spacial score (nSPS) is 15.8. The third kappa shape index (κ3) is 4.06. The highest BCUT2D eigenvalue weighted by Gasteiger charge is 2.27. The van der Waals surface area contributed by atoms with Gasteiger partial charge in [0.1, 0.15) is 5.82 Å². The van der Waals surface area contributed by atoms with Gasteiger partial charge < -0.3 is 4.57 Å². The summed E-state index contributed by atoms with van der Waals surface area (Å²) in [4.78, 5) is 13.3. The summed E-state index contributed by atoms with van der Waals surface area (Å²) >= 11 is 0. The third-order valence-corrected chi connectivity index (χ3v) is 5.80. The lowest BCUT2D eigenvalue weighted by molar-refractivity contribution is 0.427. The van der Waals surface area contributed by atoms with Crippen LogP contribution in [-0.4, -0.2) is 29.3 Å². The van der Waals surface area contributed by atoms with E-state index >= 15 is 0 Å². The summed E-state index contributed by atoms with van der Waals surface area (Å²) in [5.41, 5.74) is 4.03. The van der Waals surface area contributed by atoms with Crippen LogP contribution in [0.3, 0.4) is 0 Å². The SMILES string of the molecule is Cc1cn(-c2cnc(/C=C/c3nc4n(n3)CCC[C@H]4c3cc(F)c(F)c(F)c3)cc2C)cn1. The van der Waals surface area contributed by atoms with Crippen molar-refractivity contribution < 1.29 is 13.2 Å². The van der Waals surface area contributed by atoms with Gasteiger partial charge >= 0.3 is 0 Å². The van der Waals surface area contributed by atoms with Gasteiger partial charge in [0.05, 0.1) is 29.6 Å². The Balaban J connectivity index is 1.40. The molecular weight excluding hydrogens is 429 g/mol. The van der Waals surface area contributed by atoms with Crippen LogP contribution in [0.1, 0.15) is 52.9 Å². The van der Waals surface area contributed by atoms with E-state index in [1.54, 1.807) is 23.3 Å². The molecule has 5 rings (SSSR count). The van der Waals surface area contributed by atoms with E-state index in [9.17, 15) is 13.2 Å². The van der Waals surface area contributed by atoms with E-state index in [1.165, 1.54) is 0 Å². The van der Waals surface area contributed by atoms with Gasteiger partial charge in [0, 0.05) is 18.7 Å². The molecule has 0 radical (unpaired) electrons. The lowest BCUT2D eigenvalue weighted by atomic mass is 9.91. The second-order valence-corrected chi connectivity index (χ2v) is 8.20. The van der Waals surface area contributed by atoms with Gasteiger partial charge in [0.25, 0.3) is 0 Å². The first kappa shape index (κ1) is 21.1. The van der Waals surface area contributed by atoms with Crippen molar-refractivity contribution in [3.8, 4) is 5.69 Å². The number of nitrogens with zero attached hydrogens (tertiary/aromatic N) is 6. The Morgan fingerprint density at radius 3 is 2.52 bits per heavy atom. The van der Waals surface area contributed by atoms with Crippen LogP contribution in [-0.2, 0) is 6.54 Å². The summed E-state index contributed by atoms with van der Waals surface area (Å²) < 4.78 is 44.6. The third-order valence-electron chi connectivity index (χ3n) is 5.80. The Hall–Kier alpha value is -3.75. The van der Waals surface area contributed by atoms with Gasteiger partial charge in [-0.3, -0.25) is 4.98 Å². The maximum absolute atomic E-state index is 13.8. The van der Waals surface area contributed by atoms with E-state index in [0.29, 0.717) is 30.2 Å². The molecule has 33 heavy (non-hydrogen) atoms. The summed E-state index contributed by atoms with van der Waals surface area (Å²) in [6.45, 7) is 4.60. The van der Waals surface area contributed by atoms with Crippen LogP contribution in [0.5, 0.6) is 0 Å². The molecule has 3 aromatic heterocycles. The molecule has 6 nitrogen and oxygen atoms in total. The number of hydrogen-bond donors (Lipinski definition) is 0. The second kappa shape index (κ2) is 8.31. The fourth-order valence-corrected chi connectivity index (χ4v) is 4.18. The second-order valence-electron chi connectivity index (χ2n) is 8.20. The fraction of sp³-hybridized carbons (Fsp3) is 0.250. The Bertz CT molecular complexity index is 1350. The largest absolute Gasteiger partial charge is 0.304 e. The first-order valence-corrected chi connectivity index (χ1v) is 10.6. The van der Waals surface area contributed by atoms with Gasteiger partial charge in [0.15, 0.2) is 23.3 Å². The fourth-order valence-electron chi connectivity index (χ4n) is 4.18. The van der Waals surface area contributed by atoms with Crippen molar-refractivity contribution >= 4 is 12.2 Å². The monoisotopic (exact) mass is 450 g/mol. The Morgan fingerprint density at radius 2 is 1.82 bits per heavy atom. The lowest BCUT2D eigenvalue weighted by Crippen LogP contribution is -2.18. The number of rotatable bonds is 4. The molecule has 0 aliphatic carbocycles. The number of hydrogen-bond acceptors (Lipinski definition) is 4. The number of imidazole rings is 1. The van der Waals surface area contributed by atoms with Crippen molar-refractivity contribution in [2.75, 3.05) is 0 Å². The summed E-state index contributed by atoms with van der Waals surface area (Å²) in [5.74, 6) is -3.11. The van der Waals surface area contributed by atoms with Crippen LogP contribution >= 0.6 is 0 Å². The average molecular weight is 450 g/mol. The number of aryl methyl sites for hydroxylation is 3. The van der Waals surface area contributed by atoms with Crippen LogP contribution in [0.2, 0.25) is 0 Å². The molecule has 1 aliphatic rings. The molecule has 9 heteroatoms. The summed E-state index contributed by atoms with van der Waals surface area (Å²) in [5, 5.41) is 4.51. The van der Waals surface area contributed by atoms with Crippen molar-refractivity contribution in [1.82, 2.24) is 29.3 Å². The Kier molecular flexibility index (Phi) is 5.32. The van der Waals surface area contributed by atoms with Crippen LogP contribution in [0, 0.1) is 31.3 Å². The molecule has 1 aliphatic heterocycles. The number of halogens is 3. The van der Waals surface area contributed by atoms with E-state index in [0.717, 1.165) is 41.2 Å². The number of pyridine rings is 1. The minimum absolute atomic E-state index is 0.351. The predicted molar refractivity (Wildman–Crippen MR) is 117 cm³/mol. The van der Waals surface area contributed by atoms with Crippen LogP contribution in [0.15, 0.2) is 36.9 Å². The maximum Gasteiger partial charge on any atom is 0.194 e. The highest BCUT2D eigenvalue weighted by molar-refractivity contribution is 5.65. The zero-order valence-corrected chi connectivity index (χ0v) is 18.1. The van der Waals surface area contributed by atoms with Crippen molar-refractivity contribution in [2.24, 2.45) is 0 Å². The van der Waals surface area contributed by atoms with Gasteiger partial charge in [-0.25, -0.2) is 27.8 Å². The van der Waals surface area contributed by atoms with Crippen LogP contribution in [0.25, 0.3) is 17.8 Å². The van der Waals surface area contributed by atoms with Gasteiger partial charge in [-0.1, -0.05) is 0 Å². The van der Waals surface area contributed by atoms with E-state index in [-0.39, 0.29) is 5.92 Å². The standard InChI is InChI=1S/C24H21F3N6/c1-14-8-17(28-11-21(14)32-12-15(2)29-13-32)5-6-22-30-24-18(4-3-7-33(24)31-22)16-9-19(25)23(27)20(26)10-16/h5-6,8-13,18H,3-4,7H2,1-2H3/b6-5+/t18-/m0/s1. The van der Waals surface area contributed by atoms with Gasteiger partial charge in [-0.05, 0) is 68.2 Å². The molecule has 0 unspecified atom stereocenters. The van der Waals surface area contributed by atoms with Crippen molar-refractivity contribution in [2.45, 2.75) is 39.2 Å². The van der Waals surface area contributed by atoms with E-state index < -0.39 is 17.5 Å². The first-order chi connectivity index (χ1) is 15.9. The lowest BCUT2D eigenvalue weighted by Gasteiger charge is -2.22.